The molecule has 0 saturated heterocycles. The Hall–Kier alpha value is -1.41. The third-order valence-electron chi connectivity index (χ3n) is 2.53. The van der Waals surface area contributed by atoms with Crippen molar-refractivity contribution in [2.24, 2.45) is 0 Å². The van der Waals surface area contributed by atoms with Crippen molar-refractivity contribution in [2.45, 2.75) is 6.92 Å². The molecule has 0 aliphatic rings. The molecule has 0 radical (unpaired) electrons. The molecule has 2 aromatic carbocycles. The molecular weight excluding hydrogens is 190 g/mol. The monoisotopic (exact) mass is 199 g/mol. The van der Waals surface area contributed by atoms with Gasteiger partial charge >= 0.3 is 0 Å². The lowest BCUT2D eigenvalue weighted by molar-refractivity contribution is 1.38. The summed E-state index contributed by atoms with van der Waals surface area (Å²) in [5.74, 6) is 0. The lowest BCUT2D eigenvalue weighted by Crippen LogP contribution is -1.75. The van der Waals surface area contributed by atoms with Crippen molar-refractivity contribution in [2.75, 3.05) is 0 Å². The third kappa shape index (κ3) is 0.976. The molecule has 1 aromatic heterocycles. The van der Waals surface area contributed by atoms with Crippen LogP contribution >= 0.6 is 11.5 Å². The number of aryl methyl sites for hydroxylation is 1. The second-order valence-corrected chi connectivity index (χ2v) is 4.23. The van der Waals surface area contributed by atoms with Gasteiger partial charge in [0.05, 0.1) is 10.4 Å². The quantitative estimate of drug-likeness (QED) is 0.537. The zero-order chi connectivity index (χ0) is 9.54. The van der Waals surface area contributed by atoms with E-state index >= 15 is 0 Å². The summed E-state index contributed by atoms with van der Waals surface area (Å²) in [6, 6.07) is 12.8. The second-order valence-electron chi connectivity index (χ2n) is 3.43. The molecule has 68 valence electrons. The maximum Gasteiger partial charge on any atom is 0.0596 e. The van der Waals surface area contributed by atoms with Crippen LogP contribution < -0.4 is 0 Å². The van der Waals surface area contributed by atoms with E-state index in [0.29, 0.717) is 0 Å². The summed E-state index contributed by atoms with van der Waals surface area (Å²) in [5, 5.41) is 3.92. The molecule has 0 spiro atoms. The molecule has 3 rings (SSSR count). The normalized spacial score (nSPS) is 11.2. The summed E-state index contributed by atoms with van der Waals surface area (Å²) in [4.78, 5) is 0. The third-order valence-corrected chi connectivity index (χ3v) is 3.44. The first-order valence-corrected chi connectivity index (χ1v) is 5.37. The van der Waals surface area contributed by atoms with Crippen molar-refractivity contribution in [1.82, 2.24) is 4.37 Å². The highest BCUT2D eigenvalue weighted by Crippen LogP contribution is 2.29. The fraction of sp³-hybridized carbons (Fsp3) is 0.0833. The van der Waals surface area contributed by atoms with E-state index in [1.807, 2.05) is 0 Å². The van der Waals surface area contributed by atoms with Crippen molar-refractivity contribution in [3.05, 3.63) is 42.1 Å². The number of hydrogen-bond acceptors (Lipinski definition) is 2. The molecule has 0 saturated carbocycles. The van der Waals surface area contributed by atoms with Crippen LogP contribution in [0.1, 0.15) is 5.69 Å². The van der Waals surface area contributed by atoms with E-state index in [9.17, 15) is 0 Å². The van der Waals surface area contributed by atoms with Gasteiger partial charge in [-0.15, -0.1) is 0 Å². The number of fused-ring (bicyclic) bond motifs is 3. The topological polar surface area (TPSA) is 12.9 Å². The number of nitrogens with zero attached hydrogens (tertiary/aromatic N) is 1. The van der Waals surface area contributed by atoms with Gasteiger partial charge in [-0.25, -0.2) is 0 Å². The van der Waals surface area contributed by atoms with Crippen LogP contribution in [0.5, 0.6) is 0 Å². The second kappa shape index (κ2) is 2.79. The summed E-state index contributed by atoms with van der Waals surface area (Å²) < 4.78 is 5.67. The van der Waals surface area contributed by atoms with Crippen LogP contribution in [0.4, 0.5) is 0 Å². The SMILES string of the molecule is Cc1nsc2ccc3ccccc3c12. The largest absolute Gasteiger partial charge is 0.197 e. The van der Waals surface area contributed by atoms with Crippen LogP contribution in [-0.4, -0.2) is 4.37 Å². The Morgan fingerprint density at radius 2 is 1.93 bits per heavy atom. The smallest absolute Gasteiger partial charge is 0.0596 e. The van der Waals surface area contributed by atoms with Gasteiger partial charge in [0.1, 0.15) is 0 Å². The Balaban J connectivity index is 2.65. The zero-order valence-electron chi connectivity index (χ0n) is 7.82. The fourth-order valence-corrected chi connectivity index (χ4v) is 2.67. The highest BCUT2D eigenvalue weighted by Gasteiger charge is 2.05. The molecule has 14 heavy (non-hydrogen) atoms. The summed E-state index contributed by atoms with van der Waals surface area (Å²) in [5.41, 5.74) is 1.14. The fourth-order valence-electron chi connectivity index (χ4n) is 1.86. The van der Waals surface area contributed by atoms with Crippen molar-refractivity contribution in [3.8, 4) is 0 Å². The van der Waals surface area contributed by atoms with Gasteiger partial charge in [0, 0.05) is 5.39 Å². The first-order valence-electron chi connectivity index (χ1n) is 4.60. The molecule has 0 N–H and O–H groups in total. The van der Waals surface area contributed by atoms with Crippen LogP contribution in [-0.2, 0) is 0 Å². The predicted octanol–water partition coefficient (Wildman–Crippen LogP) is 3.76. The predicted molar refractivity (Wildman–Crippen MR) is 61.9 cm³/mol. The average Bonchev–Trinajstić information content (AvgIpc) is 2.61. The maximum atomic E-state index is 4.39. The number of rotatable bonds is 0. The summed E-state index contributed by atoms with van der Waals surface area (Å²) in [7, 11) is 0. The molecule has 0 unspecified atom stereocenters. The van der Waals surface area contributed by atoms with E-state index in [0.717, 1.165) is 5.69 Å². The Labute approximate surface area is 86.2 Å². The Kier molecular flexibility index (Phi) is 1.58. The minimum atomic E-state index is 1.14. The lowest BCUT2D eigenvalue weighted by atomic mass is 10.1. The molecule has 0 atom stereocenters. The molecule has 0 aliphatic heterocycles. The Bertz CT molecular complexity index is 610. The summed E-state index contributed by atoms with van der Waals surface area (Å²) in [6.45, 7) is 2.07. The zero-order valence-corrected chi connectivity index (χ0v) is 8.64. The van der Waals surface area contributed by atoms with E-state index in [2.05, 4.69) is 47.7 Å². The first-order chi connectivity index (χ1) is 6.86. The van der Waals surface area contributed by atoms with E-state index in [1.54, 1.807) is 11.5 Å². The molecule has 1 heterocycles. The van der Waals surface area contributed by atoms with Gasteiger partial charge in [-0.05, 0) is 35.3 Å². The van der Waals surface area contributed by atoms with Gasteiger partial charge in [-0.1, -0.05) is 30.3 Å². The maximum absolute atomic E-state index is 4.39. The first kappa shape index (κ1) is 7.94. The van der Waals surface area contributed by atoms with Gasteiger partial charge in [-0.2, -0.15) is 4.37 Å². The average molecular weight is 199 g/mol. The van der Waals surface area contributed by atoms with Gasteiger partial charge in [0.15, 0.2) is 0 Å². The molecule has 0 fully saturated rings. The van der Waals surface area contributed by atoms with Crippen molar-refractivity contribution in [3.63, 3.8) is 0 Å². The van der Waals surface area contributed by atoms with E-state index < -0.39 is 0 Å². The number of hydrogen-bond donors (Lipinski definition) is 0. The highest BCUT2D eigenvalue weighted by atomic mass is 32.1. The van der Waals surface area contributed by atoms with Crippen molar-refractivity contribution in [1.29, 1.82) is 0 Å². The minimum absolute atomic E-state index is 1.14. The summed E-state index contributed by atoms with van der Waals surface area (Å²) in [6.07, 6.45) is 0. The van der Waals surface area contributed by atoms with Gasteiger partial charge < -0.3 is 0 Å². The Morgan fingerprint density at radius 1 is 1.07 bits per heavy atom. The van der Waals surface area contributed by atoms with Gasteiger partial charge in [-0.3, -0.25) is 0 Å². The van der Waals surface area contributed by atoms with E-state index in [-0.39, 0.29) is 0 Å². The van der Waals surface area contributed by atoms with Crippen LogP contribution in [0, 0.1) is 6.92 Å². The van der Waals surface area contributed by atoms with Crippen LogP contribution in [0.25, 0.3) is 20.9 Å². The van der Waals surface area contributed by atoms with Crippen molar-refractivity contribution < 1.29 is 0 Å². The highest BCUT2D eigenvalue weighted by molar-refractivity contribution is 7.13. The van der Waals surface area contributed by atoms with Gasteiger partial charge in [0.2, 0.25) is 0 Å². The minimum Gasteiger partial charge on any atom is -0.197 e. The molecule has 0 amide bonds. The van der Waals surface area contributed by atoms with E-state index in [1.165, 1.54) is 20.9 Å². The van der Waals surface area contributed by atoms with Crippen LogP contribution in [0.15, 0.2) is 36.4 Å². The number of aromatic nitrogens is 1. The summed E-state index contributed by atoms with van der Waals surface area (Å²) >= 11 is 1.58. The van der Waals surface area contributed by atoms with Gasteiger partial charge in [0.25, 0.3) is 0 Å². The standard InChI is InChI=1S/C12H9NS/c1-8-12-10-5-3-2-4-9(10)6-7-11(12)14-13-8/h2-7H,1H3. The number of benzene rings is 2. The molecule has 1 nitrogen and oxygen atoms in total. The Morgan fingerprint density at radius 3 is 2.86 bits per heavy atom. The van der Waals surface area contributed by atoms with Crippen LogP contribution in [0.2, 0.25) is 0 Å². The van der Waals surface area contributed by atoms with Crippen molar-refractivity contribution >= 4 is 32.4 Å². The molecule has 3 aromatic rings. The van der Waals surface area contributed by atoms with Crippen LogP contribution in [0.3, 0.4) is 0 Å². The molecule has 0 aliphatic carbocycles. The van der Waals surface area contributed by atoms with E-state index in [4.69, 9.17) is 0 Å². The molecular formula is C12H9NS. The molecule has 2 heteroatoms. The lowest BCUT2D eigenvalue weighted by Gasteiger charge is -1.98. The molecule has 0 bridgehead atoms.